The summed E-state index contributed by atoms with van der Waals surface area (Å²) in [5.74, 6) is -0.358. The Bertz CT molecular complexity index is 431. The van der Waals surface area contributed by atoms with E-state index in [0.29, 0.717) is 15.6 Å². The molecule has 0 fully saturated rings. The monoisotopic (exact) mass is 275 g/mol. The van der Waals surface area contributed by atoms with E-state index in [-0.39, 0.29) is 5.91 Å². The molecule has 1 aromatic carbocycles. The molecule has 0 aliphatic rings. The minimum Gasteiger partial charge on any atom is -0.391 e. The summed E-state index contributed by atoms with van der Waals surface area (Å²) in [6, 6.07) is 4.67. The van der Waals surface area contributed by atoms with Crippen molar-refractivity contribution in [3.63, 3.8) is 0 Å². The van der Waals surface area contributed by atoms with Gasteiger partial charge in [-0.15, -0.1) is 0 Å². The highest BCUT2D eigenvalue weighted by Gasteiger charge is 2.27. The van der Waals surface area contributed by atoms with Crippen molar-refractivity contribution in [2.75, 3.05) is 0 Å². The SMILES string of the molecule is CC(O)C(C)(C)NC(=O)c1cc(Cl)ccc1Cl. The number of rotatable bonds is 3. The first-order valence-corrected chi connectivity index (χ1v) is 5.95. The summed E-state index contributed by atoms with van der Waals surface area (Å²) >= 11 is 11.7. The van der Waals surface area contributed by atoms with Crippen LogP contribution in [0.5, 0.6) is 0 Å². The van der Waals surface area contributed by atoms with Gasteiger partial charge in [0.05, 0.1) is 22.2 Å². The molecular formula is C12H15Cl2NO2. The summed E-state index contributed by atoms with van der Waals surface area (Å²) in [4.78, 5) is 12.0. The summed E-state index contributed by atoms with van der Waals surface area (Å²) in [6.45, 7) is 5.07. The van der Waals surface area contributed by atoms with Crippen LogP contribution in [0, 0.1) is 0 Å². The lowest BCUT2D eigenvalue weighted by Crippen LogP contribution is -2.51. The number of aliphatic hydroxyl groups is 1. The topological polar surface area (TPSA) is 49.3 Å². The van der Waals surface area contributed by atoms with E-state index in [1.807, 2.05) is 0 Å². The second kappa shape index (κ2) is 5.25. The van der Waals surface area contributed by atoms with E-state index in [2.05, 4.69) is 5.32 Å². The Morgan fingerprint density at radius 3 is 2.53 bits per heavy atom. The molecule has 5 heteroatoms. The molecule has 94 valence electrons. The second-order valence-corrected chi connectivity index (χ2v) is 5.32. The predicted molar refractivity (Wildman–Crippen MR) is 69.7 cm³/mol. The molecule has 1 aromatic rings. The number of halogens is 2. The number of amides is 1. The van der Waals surface area contributed by atoms with Crippen LogP contribution in [0.4, 0.5) is 0 Å². The maximum Gasteiger partial charge on any atom is 0.253 e. The zero-order valence-electron chi connectivity index (χ0n) is 9.92. The standard InChI is InChI=1S/C12H15Cl2NO2/c1-7(16)12(2,3)15-11(17)9-6-8(13)4-5-10(9)14/h4-7,16H,1-3H3,(H,15,17). The Morgan fingerprint density at radius 2 is 2.00 bits per heavy atom. The van der Waals surface area contributed by atoms with E-state index in [0.717, 1.165) is 0 Å². The molecule has 0 saturated heterocycles. The molecule has 0 aromatic heterocycles. The first-order valence-electron chi connectivity index (χ1n) is 5.19. The molecular weight excluding hydrogens is 261 g/mol. The van der Waals surface area contributed by atoms with Crippen molar-refractivity contribution in [2.45, 2.75) is 32.4 Å². The highest BCUT2D eigenvalue weighted by atomic mass is 35.5. The number of nitrogens with one attached hydrogen (secondary N) is 1. The van der Waals surface area contributed by atoms with E-state index in [4.69, 9.17) is 23.2 Å². The van der Waals surface area contributed by atoms with Crippen LogP contribution in [0.25, 0.3) is 0 Å². The summed E-state index contributed by atoms with van der Waals surface area (Å²) in [5, 5.41) is 13.0. The molecule has 0 radical (unpaired) electrons. The zero-order chi connectivity index (χ0) is 13.2. The molecule has 0 saturated carbocycles. The molecule has 17 heavy (non-hydrogen) atoms. The molecule has 3 nitrogen and oxygen atoms in total. The lowest BCUT2D eigenvalue weighted by atomic mass is 9.98. The quantitative estimate of drug-likeness (QED) is 0.891. The van der Waals surface area contributed by atoms with Crippen LogP contribution in [0.3, 0.4) is 0 Å². The van der Waals surface area contributed by atoms with Gasteiger partial charge in [-0.2, -0.15) is 0 Å². The highest BCUT2D eigenvalue weighted by Crippen LogP contribution is 2.21. The molecule has 0 spiro atoms. The van der Waals surface area contributed by atoms with Gasteiger partial charge >= 0.3 is 0 Å². The molecule has 0 aliphatic carbocycles. The minimum atomic E-state index is -0.733. The van der Waals surface area contributed by atoms with Gasteiger partial charge in [-0.1, -0.05) is 23.2 Å². The van der Waals surface area contributed by atoms with Gasteiger partial charge in [0.1, 0.15) is 0 Å². The molecule has 0 aliphatic heterocycles. The van der Waals surface area contributed by atoms with Crippen LogP contribution in [-0.4, -0.2) is 22.7 Å². The average Bonchev–Trinajstić information content (AvgIpc) is 2.20. The predicted octanol–water partition coefficient (Wildman–Crippen LogP) is 2.88. The van der Waals surface area contributed by atoms with Crippen molar-refractivity contribution in [3.05, 3.63) is 33.8 Å². The van der Waals surface area contributed by atoms with Crippen LogP contribution in [0.2, 0.25) is 10.0 Å². The third kappa shape index (κ3) is 3.60. The molecule has 2 N–H and O–H groups in total. The number of carbonyl (C=O) groups is 1. The fraction of sp³-hybridized carbons (Fsp3) is 0.417. The van der Waals surface area contributed by atoms with Crippen LogP contribution in [0.15, 0.2) is 18.2 Å². The van der Waals surface area contributed by atoms with Crippen LogP contribution in [0.1, 0.15) is 31.1 Å². The molecule has 1 unspecified atom stereocenters. The smallest absolute Gasteiger partial charge is 0.253 e. The van der Waals surface area contributed by atoms with Crippen molar-refractivity contribution < 1.29 is 9.90 Å². The third-order valence-corrected chi connectivity index (χ3v) is 3.22. The van der Waals surface area contributed by atoms with Crippen molar-refractivity contribution in [1.29, 1.82) is 0 Å². The largest absolute Gasteiger partial charge is 0.391 e. The van der Waals surface area contributed by atoms with E-state index in [1.165, 1.54) is 6.07 Å². The maximum atomic E-state index is 12.0. The van der Waals surface area contributed by atoms with Gasteiger partial charge in [0.15, 0.2) is 0 Å². The fourth-order valence-corrected chi connectivity index (χ4v) is 1.51. The normalized spacial score (nSPS) is 13.3. The molecule has 1 rings (SSSR count). The lowest BCUT2D eigenvalue weighted by Gasteiger charge is -2.29. The fourth-order valence-electron chi connectivity index (χ4n) is 1.14. The van der Waals surface area contributed by atoms with E-state index in [9.17, 15) is 9.90 Å². The van der Waals surface area contributed by atoms with E-state index >= 15 is 0 Å². The van der Waals surface area contributed by atoms with Crippen LogP contribution < -0.4 is 5.32 Å². The molecule has 0 bridgehead atoms. The Balaban J connectivity index is 2.94. The van der Waals surface area contributed by atoms with Crippen molar-refractivity contribution in [1.82, 2.24) is 5.32 Å². The van der Waals surface area contributed by atoms with Gasteiger partial charge in [0.25, 0.3) is 5.91 Å². The summed E-state index contributed by atoms with van der Waals surface area (Å²) < 4.78 is 0. The summed E-state index contributed by atoms with van der Waals surface area (Å²) in [7, 11) is 0. The van der Waals surface area contributed by atoms with Crippen molar-refractivity contribution in [3.8, 4) is 0 Å². The number of benzene rings is 1. The Labute approximate surface area is 111 Å². The first kappa shape index (κ1) is 14.3. The minimum absolute atomic E-state index is 0.299. The number of hydrogen-bond acceptors (Lipinski definition) is 2. The van der Waals surface area contributed by atoms with E-state index < -0.39 is 11.6 Å². The van der Waals surface area contributed by atoms with Gasteiger partial charge in [0, 0.05) is 5.02 Å². The Hall–Kier alpha value is -0.770. The maximum absolute atomic E-state index is 12.0. The van der Waals surface area contributed by atoms with Crippen LogP contribution in [-0.2, 0) is 0 Å². The van der Waals surface area contributed by atoms with Crippen molar-refractivity contribution >= 4 is 29.1 Å². The highest BCUT2D eigenvalue weighted by molar-refractivity contribution is 6.35. The number of aliphatic hydroxyl groups excluding tert-OH is 1. The van der Waals surface area contributed by atoms with E-state index in [1.54, 1.807) is 32.9 Å². The average molecular weight is 276 g/mol. The van der Waals surface area contributed by atoms with Gasteiger partial charge in [-0.05, 0) is 39.0 Å². The van der Waals surface area contributed by atoms with Crippen molar-refractivity contribution in [2.24, 2.45) is 0 Å². The zero-order valence-corrected chi connectivity index (χ0v) is 11.4. The number of carbonyl (C=O) groups excluding carboxylic acids is 1. The molecule has 1 atom stereocenters. The van der Waals surface area contributed by atoms with Gasteiger partial charge in [-0.25, -0.2) is 0 Å². The second-order valence-electron chi connectivity index (χ2n) is 4.48. The lowest BCUT2D eigenvalue weighted by molar-refractivity contribution is 0.0709. The summed E-state index contributed by atoms with van der Waals surface area (Å²) in [5.41, 5.74) is -0.434. The summed E-state index contributed by atoms with van der Waals surface area (Å²) in [6.07, 6.45) is -0.676. The third-order valence-electron chi connectivity index (χ3n) is 2.65. The number of hydrogen-bond donors (Lipinski definition) is 2. The van der Waals surface area contributed by atoms with Crippen LogP contribution >= 0.6 is 23.2 Å². The van der Waals surface area contributed by atoms with Gasteiger partial charge in [0.2, 0.25) is 0 Å². The molecule has 1 amide bonds. The van der Waals surface area contributed by atoms with Gasteiger partial charge in [-0.3, -0.25) is 4.79 Å². The Kier molecular flexibility index (Phi) is 4.42. The molecule has 0 heterocycles. The van der Waals surface area contributed by atoms with Gasteiger partial charge < -0.3 is 10.4 Å². The Morgan fingerprint density at radius 1 is 1.41 bits per heavy atom. The first-order chi connectivity index (χ1) is 7.74.